The maximum atomic E-state index is 4.73. The summed E-state index contributed by atoms with van der Waals surface area (Å²) in [5.74, 6) is 1.03. The van der Waals surface area contributed by atoms with Gasteiger partial charge in [0.25, 0.3) is 0 Å². The number of para-hydroxylation sites is 2. The summed E-state index contributed by atoms with van der Waals surface area (Å²) in [6.45, 7) is 5.47. The fourth-order valence-corrected chi connectivity index (χ4v) is 2.84. The number of likely N-dealkylation sites (tertiary alicyclic amines) is 1. The second kappa shape index (κ2) is 5.21. The van der Waals surface area contributed by atoms with Crippen molar-refractivity contribution in [2.75, 3.05) is 25.5 Å². The molecule has 19 heavy (non-hydrogen) atoms. The average Bonchev–Trinajstić information content (AvgIpc) is 2.78. The minimum Gasteiger partial charge on any atom is -0.353 e. The van der Waals surface area contributed by atoms with Gasteiger partial charge < -0.3 is 14.8 Å². The second-order valence-corrected chi connectivity index (χ2v) is 5.39. The lowest BCUT2D eigenvalue weighted by molar-refractivity contribution is 0.263. The molecule has 2 heterocycles. The van der Waals surface area contributed by atoms with E-state index in [0.29, 0.717) is 6.04 Å². The highest BCUT2D eigenvalue weighted by Crippen LogP contribution is 2.21. The van der Waals surface area contributed by atoms with Gasteiger partial charge >= 0.3 is 0 Å². The van der Waals surface area contributed by atoms with Crippen molar-refractivity contribution >= 4 is 17.0 Å². The van der Waals surface area contributed by atoms with Crippen molar-refractivity contribution in [1.29, 1.82) is 0 Å². The largest absolute Gasteiger partial charge is 0.353 e. The van der Waals surface area contributed by atoms with Crippen LogP contribution < -0.4 is 5.32 Å². The minimum atomic E-state index is 0.554. The normalized spacial score (nSPS) is 18.0. The third kappa shape index (κ3) is 2.45. The van der Waals surface area contributed by atoms with Gasteiger partial charge in [0.15, 0.2) is 0 Å². The Labute approximate surface area is 114 Å². The molecule has 0 atom stereocenters. The van der Waals surface area contributed by atoms with E-state index in [9.17, 15) is 0 Å². The number of aryl methyl sites for hydroxylation is 1. The molecule has 4 heteroatoms. The first-order chi connectivity index (χ1) is 9.28. The average molecular weight is 258 g/mol. The minimum absolute atomic E-state index is 0.554. The zero-order chi connectivity index (χ0) is 13.2. The fourth-order valence-electron chi connectivity index (χ4n) is 2.84. The van der Waals surface area contributed by atoms with Crippen molar-refractivity contribution < 1.29 is 0 Å². The van der Waals surface area contributed by atoms with E-state index in [-0.39, 0.29) is 0 Å². The zero-order valence-corrected chi connectivity index (χ0v) is 11.8. The number of hydrogen-bond donors (Lipinski definition) is 1. The second-order valence-electron chi connectivity index (χ2n) is 5.39. The topological polar surface area (TPSA) is 33.1 Å². The van der Waals surface area contributed by atoms with E-state index in [1.54, 1.807) is 0 Å². The lowest BCUT2D eigenvalue weighted by Crippen LogP contribution is -2.37. The van der Waals surface area contributed by atoms with Crippen molar-refractivity contribution in [3.8, 4) is 0 Å². The number of aromatic nitrogens is 2. The van der Waals surface area contributed by atoms with Gasteiger partial charge in [0.2, 0.25) is 5.95 Å². The van der Waals surface area contributed by atoms with Crippen LogP contribution in [0.5, 0.6) is 0 Å². The Morgan fingerprint density at radius 2 is 2.00 bits per heavy atom. The summed E-state index contributed by atoms with van der Waals surface area (Å²) in [7, 11) is 2.19. The van der Waals surface area contributed by atoms with Gasteiger partial charge in [-0.15, -0.1) is 0 Å². The number of piperidine rings is 1. The van der Waals surface area contributed by atoms with Crippen molar-refractivity contribution in [2.45, 2.75) is 32.4 Å². The molecule has 1 fully saturated rings. The molecular formula is C15H22N4. The van der Waals surface area contributed by atoms with Crippen LogP contribution >= 0.6 is 0 Å². The number of hydrogen-bond acceptors (Lipinski definition) is 3. The van der Waals surface area contributed by atoms with Crippen LogP contribution in [0.4, 0.5) is 5.95 Å². The highest BCUT2D eigenvalue weighted by Gasteiger charge is 2.18. The molecule has 102 valence electrons. The quantitative estimate of drug-likeness (QED) is 0.918. The third-order valence-corrected chi connectivity index (χ3v) is 4.02. The fraction of sp³-hybridized carbons (Fsp3) is 0.533. The smallest absolute Gasteiger partial charge is 0.204 e. The molecule has 1 saturated heterocycles. The molecular weight excluding hydrogens is 236 g/mol. The van der Waals surface area contributed by atoms with Crippen LogP contribution in [0.1, 0.15) is 19.8 Å². The standard InChI is InChI=1S/C15H22N4/c1-3-19-14-7-5-4-6-13(14)17-15(19)16-12-8-10-18(2)11-9-12/h4-7,12H,3,8-11H2,1-2H3,(H,16,17). The van der Waals surface area contributed by atoms with E-state index < -0.39 is 0 Å². The highest BCUT2D eigenvalue weighted by molar-refractivity contribution is 5.78. The van der Waals surface area contributed by atoms with Crippen molar-refractivity contribution in [2.24, 2.45) is 0 Å². The molecule has 0 saturated carbocycles. The number of nitrogens with zero attached hydrogens (tertiary/aromatic N) is 3. The van der Waals surface area contributed by atoms with E-state index in [4.69, 9.17) is 4.98 Å². The maximum Gasteiger partial charge on any atom is 0.204 e. The van der Waals surface area contributed by atoms with Crippen molar-refractivity contribution in [1.82, 2.24) is 14.5 Å². The maximum absolute atomic E-state index is 4.73. The summed E-state index contributed by atoms with van der Waals surface area (Å²) in [4.78, 5) is 7.12. The summed E-state index contributed by atoms with van der Waals surface area (Å²) >= 11 is 0. The van der Waals surface area contributed by atoms with Gasteiger partial charge in [0.05, 0.1) is 11.0 Å². The Balaban J connectivity index is 1.84. The molecule has 0 amide bonds. The van der Waals surface area contributed by atoms with Crippen molar-refractivity contribution in [3.05, 3.63) is 24.3 Å². The van der Waals surface area contributed by atoms with Crippen LogP contribution in [0.2, 0.25) is 0 Å². The number of benzene rings is 1. The molecule has 0 aliphatic carbocycles. The Hall–Kier alpha value is -1.55. The summed E-state index contributed by atoms with van der Waals surface area (Å²) in [5.41, 5.74) is 2.31. The number of rotatable bonds is 3. The first-order valence-corrected chi connectivity index (χ1v) is 7.18. The van der Waals surface area contributed by atoms with Crippen LogP contribution in [-0.4, -0.2) is 40.6 Å². The van der Waals surface area contributed by atoms with Crippen LogP contribution in [0.25, 0.3) is 11.0 Å². The van der Waals surface area contributed by atoms with Gasteiger partial charge in [-0.3, -0.25) is 0 Å². The number of nitrogens with one attached hydrogen (secondary N) is 1. The summed E-state index contributed by atoms with van der Waals surface area (Å²) < 4.78 is 2.27. The first kappa shape index (κ1) is 12.5. The van der Waals surface area contributed by atoms with Crippen LogP contribution in [-0.2, 0) is 6.54 Å². The Kier molecular flexibility index (Phi) is 3.42. The lowest BCUT2D eigenvalue weighted by Gasteiger charge is -2.29. The molecule has 1 aliphatic rings. The molecule has 0 bridgehead atoms. The van der Waals surface area contributed by atoms with Crippen molar-refractivity contribution in [3.63, 3.8) is 0 Å². The van der Waals surface area contributed by atoms with E-state index in [1.165, 1.54) is 31.4 Å². The first-order valence-electron chi connectivity index (χ1n) is 7.18. The zero-order valence-electron chi connectivity index (χ0n) is 11.8. The molecule has 0 unspecified atom stereocenters. The van der Waals surface area contributed by atoms with Gasteiger partial charge in [-0.05, 0) is 52.0 Å². The third-order valence-electron chi connectivity index (χ3n) is 4.02. The van der Waals surface area contributed by atoms with Crippen LogP contribution in [0.15, 0.2) is 24.3 Å². The number of fused-ring (bicyclic) bond motifs is 1. The van der Waals surface area contributed by atoms with Gasteiger partial charge in [-0.25, -0.2) is 4.98 Å². The molecule has 1 aromatic heterocycles. The van der Waals surface area contributed by atoms with Gasteiger partial charge in [-0.1, -0.05) is 12.1 Å². The molecule has 2 aromatic rings. The van der Waals surface area contributed by atoms with E-state index in [2.05, 4.69) is 53.0 Å². The lowest BCUT2D eigenvalue weighted by atomic mass is 10.1. The SMILES string of the molecule is CCn1c(NC2CCN(C)CC2)nc2ccccc21. The molecule has 3 rings (SSSR count). The predicted molar refractivity (Wildman–Crippen MR) is 79.5 cm³/mol. The Bertz CT molecular complexity index is 552. The van der Waals surface area contributed by atoms with Gasteiger partial charge in [-0.2, -0.15) is 0 Å². The summed E-state index contributed by atoms with van der Waals surface area (Å²) in [6.07, 6.45) is 2.40. The van der Waals surface area contributed by atoms with Gasteiger partial charge in [0.1, 0.15) is 0 Å². The van der Waals surface area contributed by atoms with Crippen LogP contribution in [0.3, 0.4) is 0 Å². The molecule has 0 spiro atoms. The Morgan fingerprint density at radius 3 is 2.74 bits per heavy atom. The molecule has 0 radical (unpaired) electrons. The monoisotopic (exact) mass is 258 g/mol. The van der Waals surface area contributed by atoms with E-state index in [1.807, 2.05) is 0 Å². The van der Waals surface area contributed by atoms with Gasteiger partial charge in [0, 0.05) is 12.6 Å². The Morgan fingerprint density at radius 1 is 1.26 bits per heavy atom. The van der Waals surface area contributed by atoms with E-state index in [0.717, 1.165) is 18.0 Å². The number of imidazole rings is 1. The van der Waals surface area contributed by atoms with E-state index >= 15 is 0 Å². The molecule has 4 nitrogen and oxygen atoms in total. The summed E-state index contributed by atoms with van der Waals surface area (Å²) in [5, 5.41) is 3.64. The number of anilines is 1. The van der Waals surface area contributed by atoms with Crippen LogP contribution in [0, 0.1) is 0 Å². The predicted octanol–water partition coefficient (Wildman–Crippen LogP) is 2.56. The summed E-state index contributed by atoms with van der Waals surface area (Å²) in [6, 6.07) is 8.91. The molecule has 1 aromatic carbocycles. The highest BCUT2D eigenvalue weighted by atomic mass is 15.2. The molecule has 1 N–H and O–H groups in total. The molecule has 1 aliphatic heterocycles.